The summed E-state index contributed by atoms with van der Waals surface area (Å²) in [4.78, 5) is 21.6. The highest BCUT2D eigenvalue weighted by Gasteiger charge is 2.09. The number of carbonyl (C=O) groups is 2. The van der Waals surface area contributed by atoms with Crippen LogP contribution in [0.2, 0.25) is 0 Å². The molecule has 0 aliphatic heterocycles. The Hall–Kier alpha value is -2.72. The van der Waals surface area contributed by atoms with Gasteiger partial charge in [-0.15, -0.1) is 0 Å². The average molecular weight is 286 g/mol. The molecule has 0 aromatic rings. The molecule has 1 atom stereocenters. The normalized spacial score (nSPS) is 11.6. The molecule has 0 unspecified atom stereocenters. The van der Waals surface area contributed by atoms with Crippen molar-refractivity contribution in [1.29, 1.82) is 0 Å². The molecule has 4 nitrogen and oxygen atoms in total. The maximum atomic E-state index is 10.9. The summed E-state index contributed by atoms with van der Waals surface area (Å²) in [6, 6.07) is 0. The highest BCUT2D eigenvalue weighted by molar-refractivity contribution is 5.67. The third-order valence-corrected chi connectivity index (χ3v) is 1.84. The Morgan fingerprint density at radius 3 is 2.29 bits per heavy atom. The van der Waals surface area contributed by atoms with Crippen LogP contribution < -0.4 is 0 Å². The molecular weight excluding hydrogens is 268 g/mol. The van der Waals surface area contributed by atoms with Crippen LogP contribution in [0.15, 0.2) is 36.5 Å². The highest BCUT2D eigenvalue weighted by Crippen LogP contribution is 1.98. The van der Waals surface area contributed by atoms with Gasteiger partial charge in [-0.25, -0.2) is 0 Å². The summed E-state index contributed by atoms with van der Waals surface area (Å²) in [6.07, 6.45) is 9.46. The van der Waals surface area contributed by atoms with E-state index in [1.165, 1.54) is 13.8 Å². The van der Waals surface area contributed by atoms with Crippen molar-refractivity contribution in [2.75, 3.05) is 6.61 Å². The summed E-state index contributed by atoms with van der Waals surface area (Å²) in [5.74, 6) is 9.87. The minimum atomic E-state index is -0.613. The summed E-state index contributed by atoms with van der Waals surface area (Å²) >= 11 is 0. The van der Waals surface area contributed by atoms with Crippen LogP contribution in [0.25, 0.3) is 0 Å². The number of ether oxygens (including phenoxy) is 2. The Balaban J connectivity index is 4.39. The van der Waals surface area contributed by atoms with Gasteiger partial charge < -0.3 is 9.47 Å². The number of esters is 2. The predicted octanol–water partition coefficient (Wildman–Crippen LogP) is 2.18. The number of carbonyl (C=O) groups excluding carboxylic acids is 2. The van der Waals surface area contributed by atoms with Crippen molar-refractivity contribution in [3.8, 4) is 23.7 Å². The molecule has 0 saturated carbocycles. The van der Waals surface area contributed by atoms with Crippen molar-refractivity contribution < 1.29 is 19.1 Å². The van der Waals surface area contributed by atoms with E-state index in [0.717, 1.165) is 0 Å². The lowest BCUT2D eigenvalue weighted by Crippen LogP contribution is -2.21. The third kappa shape index (κ3) is 13.5. The molecule has 0 aromatic heterocycles. The minimum Gasteiger partial charge on any atom is -0.462 e. The van der Waals surface area contributed by atoms with E-state index in [4.69, 9.17) is 9.47 Å². The van der Waals surface area contributed by atoms with Crippen molar-refractivity contribution in [2.45, 2.75) is 26.9 Å². The van der Waals surface area contributed by atoms with Crippen LogP contribution in [-0.2, 0) is 19.1 Å². The Kier molecular flexibility index (Phi) is 10.7. The largest absolute Gasteiger partial charge is 0.462 e. The first kappa shape index (κ1) is 18.3. The molecule has 0 saturated heterocycles. The van der Waals surface area contributed by atoms with Gasteiger partial charge in [0.2, 0.25) is 0 Å². The lowest BCUT2D eigenvalue weighted by molar-refractivity contribution is -0.153. The minimum absolute atomic E-state index is 0.0141. The molecule has 0 amide bonds. The second-order valence-electron chi connectivity index (χ2n) is 3.73. The summed E-state index contributed by atoms with van der Waals surface area (Å²) in [5.41, 5.74) is 0. The quantitative estimate of drug-likeness (QED) is 0.441. The summed E-state index contributed by atoms with van der Waals surface area (Å²) in [6.45, 7) is 4.44. The van der Waals surface area contributed by atoms with Crippen LogP contribution in [0.4, 0.5) is 0 Å². The smallest absolute Gasteiger partial charge is 0.303 e. The predicted molar refractivity (Wildman–Crippen MR) is 80.8 cm³/mol. The topological polar surface area (TPSA) is 52.6 Å². The number of rotatable bonds is 5. The van der Waals surface area contributed by atoms with Crippen LogP contribution in [0.3, 0.4) is 0 Å². The van der Waals surface area contributed by atoms with Gasteiger partial charge in [0.25, 0.3) is 0 Å². The van der Waals surface area contributed by atoms with E-state index in [1.54, 1.807) is 30.4 Å². The molecular formula is C17H18O4. The molecule has 0 aliphatic carbocycles. The molecule has 0 aliphatic rings. The number of hydrogen-bond acceptors (Lipinski definition) is 4. The zero-order valence-corrected chi connectivity index (χ0v) is 12.4. The summed E-state index contributed by atoms with van der Waals surface area (Å²) in [7, 11) is 0. The van der Waals surface area contributed by atoms with Gasteiger partial charge in [0.15, 0.2) is 6.10 Å². The molecule has 0 rings (SSSR count). The fourth-order valence-electron chi connectivity index (χ4n) is 1.07. The average Bonchev–Trinajstić information content (AvgIpc) is 2.42. The number of hydrogen-bond donors (Lipinski definition) is 0. The van der Waals surface area contributed by atoms with E-state index >= 15 is 0 Å². The van der Waals surface area contributed by atoms with E-state index in [2.05, 4.69) is 23.7 Å². The second kappa shape index (κ2) is 12.3. The van der Waals surface area contributed by atoms with Crippen LogP contribution in [0.1, 0.15) is 20.8 Å². The van der Waals surface area contributed by atoms with E-state index in [-0.39, 0.29) is 6.61 Å². The molecule has 0 heterocycles. The zero-order valence-electron chi connectivity index (χ0n) is 12.4. The van der Waals surface area contributed by atoms with Crippen molar-refractivity contribution in [3.05, 3.63) is 36.5 Å². The van der Waals surface area contributed by atoms with Gasteiger partial charge in [-0.05, 0) is 37.0 Å². The molecule has 0 fully saturated rings. The lowest BCUT2D eigenvalue weighted by Gasteiger charge is -2.12. The van der Waals surface area contributed by atoms with E-state index in [1.807, 2.05) is 13.0 Å². The third-order valence-electron chi connectivity index (χ3n) is 1.84. The first-order valence-electron chi connectivity index (χ1n) is 6.32. The van der Waals surface area contributed by atoms with Crippen LogP contribution >= 0.6 is 0 Å². The van der Waals surface area contributed by atoms with Crippen LogP contribution in [0, 0.1) is 23.7 Å². The Labute approximate surface area is 125 Å². The van der Waals surface area contributed by atoms with Gasteiger partial charge in [-0.3, -0.25) is 9.59 Å². The fourth-order valence-corrected chi connectivity index (χ4v) is 1.07. The van der Waals surface area contributed by atoms with Crippen molar-refractivity contribution in [1.82, 2.24) is 0 Å². The van der Waals surface area contributed by atoms with Crippen molar-refractivity contribution in [3.63, 3.8) is 0 Å². The van der Waals surface area contributed by atoms with E-state index < -0.39 is 18.0 Å². The molecule has 0 aromatic carbocycles. The maximum absolute atomic E-state index is 10.9. The molecule has 110 valence electrons. The second-order valence-corrected chi connectivity index (χ2v) is 3.73. The SMILES string of the molecule is C/C=C/C#CC#C/C=C/C=C\[C@H](COC(C)=O)OC(C)=O. The van der Waals surface area contributed by atoms with Gasteiger partial charge in [-0.1, -0.05) is 30.1 Å². The molecule has 0 radical (unpaired) electrons. The molecule has 4 heteroatoms. The Morgan fingerprint density at radius 1 is 1.05 bits per heavy atom. The van der Waals surface area contributed by atoms with E-state index in [0.29, 0.717) is 0 Å². The van der Waals surface area contributed by atoms with Gasteiger partial charge in [-0.2, -0.15) is 0 Å². The van der Waals surface area contributed by atoms with Gasteiger partial charge >= 0.3 is 11.9 Å². The molecule has 0 N–H and O–H groups in total. The Morgan fingerprint density at radius 2 is 1.71 bits per heavy atom. The Bertz CT molecular complexity index is 545. The summed E-state index contributed by atoms with van der Waals surface area (Å²) in [5, 5.41) is 0. The fraction of sp³-hybridized carbons (Fsp3) is 0.294. The molecule has 0 bridgehead atoms. The van der Waals surface area contributed by atoms with Gasteiger partial charge in [0, 0.05) is 13.8 Å². The van der Waals surface area contributed by atoms with Gasteiger partial charge in [0.1, 0.15) is 6.61 Å². The number of allylic oxidation sites excluding steroid dienone is 5. The van der Waals surface area contributed by atoms with Gasteiger partial charge in [0.05, 0.1) is 0 Å². The molecule has 21 heavy (non-hydrogen) atoms. The first-order valence-corrected chi connectivity index (χ1v) is 6.32. The van der Waals surface area contributed by atoms with E-state index in [9.17, 15) is 9.59 Å². The van der Waals surface area contributed by atoms with Crippen LogP contribution in [-0.4, -0.2) is 24.6 Å². The zero-order chi connectivity index (χ0) is 15.9. The first-order chi connectivity index (χ1) is 10.1. The van der Waals surface area contributed by atoms with Crippen molar-refractivity contribution >= 4 is 11.9 Å². The van der Waals surface area contributed by atoms with Crippen molar-refractivity contribution in [2.24, 2.45) is 0 Å². The maximum Gasteiger partial charge on any atom is 0.303 e. The monoisotopic (exact) mass is 286 g/mol. The highest BCUT2D eigenvalue weighted by atomic mass is 16.6. The summed E-state index contributed by atoms with van der Waals surface area (Å²) < 4.78 is 9.76. The molecule has 0 spiro atoms. The lowest BCUT2D eigenvalue weighted by atomic mass is 10.3. The van der Waals surface area contributed by atoms with Crippen LogP contribution in [0.5, 0.6) is 0 Å². The standard InChI is InChI=1S/C17H18O4/c1-4-5-6-7-8-9-10-11-12-13-17(21-16(3)19)14-20-15(2)18/h4-5,10-13,17H,14H2,1-3H3/b5-4+,11-10+,13-12-/t17-/m1/s1.